The minimum absolute atomic E-state index is 0.337. The number of anilines is 1. The first-order valence-electron chi connectivity index (χ1n) is 7.67. The molecular weight excluding hydrogens is 359 g/mol. The first-order chi connectivity index (χ1) is 11.9. The summed E-state index contributed by atoms with van der Waals surface area (Å²) in [6.45, 7) is 5.53. The number of amides is 1. The molecule has 1 heterocycles. The Bertz CT molecular complexity index is 941. The minimum Gasteiger partial charge on any atom is -0.360 e. The van der Waals surface area contributed by atoms with E-state index >= 15 is 0 Å². The molecular formula is C19H16Cl2N2O2. The average Bonchev–Trinajstić information content (AvgIpc) is 2.92. The largest absolute Gasteiger partial charge is 0.360 e. The third-order valence-electron chi connectivity index (χ3n) is 3.89. The van der Waals surface area contributed by atoms with Crippen molar-refractivity contribution in [1.82, 2.24) is 5.16 Å². The summed E-state index contributed by atoms with van der Waals surface area (Å²) >= 11 is 12.5. The maximum atomic E-state index is 12.9. The molecule has 3 rings (SSSR count). The van der Waals surface area contributed by atoms with E-state index in [-0.39, 0.29) is 5.91 Å². The normalized spacial score (nSPS) is 10.8. The minimum atomic E-state index is -0.345. The fraction of sp³-hybridized carbons (Fsp3) is 0.158. The Morgan fingerprint density at radius 2 is 1.80 bits per heavy atom. The number of hydrogen-bond acceptors (Lipinski definition) is 3. The van der Waals surface area contributed by atoms with Crippen LogP contribution in [0.2, 0.25) is 10.0 Å². The molecule has 0 aliphatic carbocycles. The maximum absolute atomic E-state index is 12.9. The van der Waals surface area contributed by atoms with Crippen LogP contribution in [-0.4, -0.2) is 11.1 Å². The topological polar surface area (TPSA) is 55.1 Å². The Morgan fingerprint density at radius 3 is 2.48 bits per heavy atom. The van der Waals surface area contributed by atoms with Crippen LogP contribution < -0.4 is 5.32 Å². The van der Waals surface area contributed by atoms with Crippen LogP contribution in [0.5, 0.6) is 0 Å². The maximum Gasteiger partial charge on any atom is 0.261 e. The van der Waals surface area contributed by atoms with E-state index in [0.29, 0.717) is 38.3 Å². The van der Waals surface area contributed by atoms with Gasteiger partial charge in [-0.05, 0) is 44.0 Å². The molecule has 0 saturated carbocycles. The summed E-state index contributed by atoms with van der Waals surface area (Å²) in [5.41, 5.74) is 3.86. The number of carbonyl (C=O) groups excluding carboxylic acids is 1. The zero-order valence-corrected chi connectivity index (χ0v) is 15.5. The van der Waals surface area contributed by atoms with Gasteiger partial charge >= 0.3 is 0 Å². The molecule has 0 fully saturated rings. The number of aryl methyl sites for hydroxylation is 3. The van der Waals surface area contributed by atoms with Gasteiger partial charge in [0.2, 0.25) is 0 Å². The van der Waals surface area contributed by atoms with Gasteiger partial charge in [-0.2, -0.15) is 0 Å². The van der Waals surface area contributed by atoms with E-state index < -0.39 is 0 Å². The molecule has 0 saturated heterocycles. The first-order valence-corrected chi connectivity index (χ1v) is 8.43. The lowest BCUT2D eigenvalue weighted by Crippen LogP contribution is -2.15. The zero-order valence-electron chi connectivity index (χ0n) is 14.0. The monoisotopic (exact) mass is 374 g/mol. The summed E-state index contributed by atoms with van der Waals surface area (Å²) < 4.78 is 5.24. The summed E-state index contributed by atoms with van der Waals surface area (Å²) in [4.78, 5) is 12.9. The second-order valence-corrected chi connectivity index (χ2v) is 6.65. The Kier molecular flexibility index (Phi) is 4.84. The summed E-state index contributed by atoms with van der Waals surface area (Å²) in [6, 6.07) is 10.9. The molecule has 0 aliphatic rings. The van der Waals surface area contributed by atoms with Crippen molar-refractivity contribution >= 4 is 34.8 Å². The van der Waals surface area contributed by atoms with Gasteiger partial charge in [0.15, 0.2) is 0 Å². The van der Waals surface area contributed by atoms with Crippen molar-refractivity contribution in [3.8, 4) is 11.3 Å². The van der Waals surface area contributed by atoms with E-state index in [1.807, 2.05) is 32.0 Å². The smallest absolute Gasteiger partial charge is 0.261 e. The summed E-state index contributed by atoms with van der Waals surface area (Å²) in [5, 5.41) is 7.86. The predicted octanol–water partition coefficient (Wildman–Crippen LogP) is 5.83. The van der Waals surface area contributed by atoms with Crippen LogP contribution in [0.25, 0.3) is 11.3 Å². The molecule has 0 radical (unpaired) electrons. The fourth-order valence-corrected chi connectivity index (χ4v) is 3.32. The van der Waals surface area contributed by atoms with Crippen molar-refractivity contribution in [3.05, 3.63) is 68.9 Å². The highest BCUT2D eigenvalue weighted by Crippen LogP contribution is 2.33. The van der Waals surface area contributed by atoms with Crippen molar-refractivity contribution in [2.75, 3.05) is 5.32 Å². The number of benzene rings is 2. The fourth-order valence-electron chi connectivity index (χ4n) is 2.73. The average molecular weight is 375 g/mol. The standard InChI is InChI=1S/C19H16Cl2N2O2/c1-10-8-11(2)17(15(21)9-10)22-19(24)16-12(3)25-23-18(16)13-6-4-5-7-14(13)20/h4-9H,1-3H3,(H,22,24). The van der Waals surface area contributed by atoms with Gasteiger partial charge in [0.1, 0.15) is 17.0 Å². The van der Waals surface area contributed by atoms with Gasteiger partial charge in [0, 0.05) is 5.56 Å². The molecule has 0 atom stereocenters. The third kappa shape index (κ3) is 3.41. The van der Waals surface area contributed by atoms with E-state index in [0.717, 1.165) is 11.1 Å². The number of carbonyl (C=O) groups is 1. The number of aromatic nitrogens is 1. The number of hydrogen-bond donors (Lipinski definition) is 1. The lowest BCUT2D eigenvalue weighted by atomic mass is 10.0. The molecule has 0 unspecified atom stereocenters. The Balaban J connectivity index is 2.02. The van der Waals surface area contributed by atoms with E-state index in [1.165, 1.54) is 0 Å². The first kappa shape index (κ1) is 17.5. The number of rotatable bonds is 3. The van der Waals surface area contributed by atoms with E-state index in [4.69, 9.17) is 27.7 Å². The number of nitrogens with zero attached hydrogens (tertiary/aromatic N) is 1. The van der Waals surface area contributed by atoms with Crippen LogP contribution in [0.1, 0.15) is 27.2 Å². The van der Waals surface area contributed by atoms with Crippen molar-refractivity contribution in [2.24, 2.45) is 0 Å². The highest BCUT2D eigenvalue weighted by molar-refractivity contribution is 6.34. The lowest BCUT2D eigenvalue weighted by molar-refractivity contribution is 0.102. The highest BCUT2D eigenvalue weighted by Gasteiger charge is 2.24. The lowest BCUT2D eigenvalue weighted by Gasteiger charge is -2.12. The third-order valence-corrected chi connectivity index (χ3v) is 4.52. The summed E-state index contributed by atoms with van der Waals surface area (Å²) in [5.74, 6) is 0.0656. The second-order valence-electron chi connectivity index (χ2n) is 5.83. The van der Waals surface area contributed by atoms with Crippen LogP contribution in [0.15, 0.2) is 40.9 Å². The van der Waals surface area contributed by atoms with Crippen LogP contribution in [0.3, 0.4) is 0 Å². The van der Waals surface area contributed by atoms with Crippen molar-refractivity contribution in [2.45, 2.75) is 20.8 Å². The van der Waals surface area contributed by atoms with Gasteiger partial charge in [-0.25, -0.2) is 0 Å². The van der Waals surface area contributed by atoms with Gasteiger partial charge in [-0.15, -0.1) is 0 Å². The number of nitrogens with one attached hydrogen (secondary N) is 1. The van der Waals surface area contributed by atoms with Gasteiger partial charge in [0.25, 0.3) is 5.91 Å². The number of halogens is 2. The van der Waals surface area contributed by atoms with Gasteiger partial charge < -0.3 is 9.84 Å². The van der Waals surface area contributed by atoms with Gasteiger partial charge in [0.05, 0.1) is 15.7 Å². The van der Waals surface area contributed by atoms with Crippen LogP contribution in [0.4, 0.5) is 5.69 Å². The molecule has 0 bridgehead atoms. The molecule has 3 aromatic rings. The highest BCUT2D eigenvalue weighted by atomic mass is 35.5. The molecule has 1 N–H and O–H groups in total. The molecule has 1 amide bonds. The Hall–Kier alpha value is -2.30. The molecule has 6 heteroatoms. The summed E-state index contributed by atoms with van der Waals surface area (Å²) in [6.07, 6.45) is 0. The van der Waals surface area contributed by atoms with Crippen LogP contribution >= 0.6 is 23.2 Å². The molecule has 25 heavy (non-hydrogen) atoms. The van der Waals surface area contributed by atoms with Gasteiger partial charge in [-0.1, -0.05) is 52.6 Å². The summed E-state index contributed by atoms with van der Waals surface area (Å²) in [7, 11) is 0. The van der Waals surface area contributed by atoms with Crippen molar-refractivity contribution in [1.29, 1.82) is 0 Å². The van der Waals surface area contributed by atoms with E-state index in [9.17, 15) is 4.79 Å². The van der Waals surface area contributed by atoms with Crippen LogP contribution in [0, 0.1) is 20.8 Å². The molecule has 1 aromatic heterocycles. The quantitative estimate of drug-likeness (QED) is 0.627. The molecule has 4 nitrogen and oxygen atoms in total. The van der Waals surface area contributed by atoms with Crippen LogP contribution in [-0.2, 0) is 0 Å². The molecule has 128 valence electrons. The zero-order chi connectivity index (χ0) is 18.1. The predicted molar refractivity (Wildman–Crippen MR) is 101 cm³/mol. The molecule has 2 aromatic carbocycles. The van der Waals surface area contributed by atoms with E-state index in [2.05, 4.69) is 10.5 Å². The van der Waals surface area contributed by atoms with Crippen molar-refractivity contribution < 1.29 is 9.32 Å². The SMILES string of the molecule is Cc1cc(C)c(NC(=O)c2c(-c3ccccc3Cl)noc2C)c(Cl)c1. The Labute approximate surface area is 155 Å². The Morgan fingerprint density at radius 1 is 1.08 bits per heavy atom. The van der Waals surface area contributed by atoms with Crippen molar-refractivity contribution in [3.63, 3.8) is 0 Å². The molecule has 0 aliphatic heterocycles. The second kappa shape index (κ2) is 6.90. The van der Waals surface area contributed by atoms with E-state index in [1.54, 1.807) is 25.1 Å². The molecule has 0 spiro atoms. The van der Waals surface area contributed by atoms with Gasteiger partial charge in [-0.3, -0.25) is 4.79 Å².